The van der Waals surface area contributed by atoms with Crippen LogP contribution in [0.2, 0.25) is 0 Å². The van der Waals surface area contributed by atoms with E-state index < -0.39 is 0 Å². The molecule has 2 saturated heterocycles. The summed E-state index contributed by atoms with van der Waals surface area (Å²) < 4.78 is 19.7. The van der Waals surface area contributed by atoms with Gasteiger partial charge in [0.15, 0.2) is 0 Å². The number of urea groups is 1. The molecule has 0 saturated carbocycles. The van der Waals surface area contributed by atoms with E-state index in [2.05, 4.69) is 10.2 Å². The Kier molecular flexibility index (Phi) is 6.34. The van der Waals surface area contributed by atoms with Crippen LogP contribution in [0.1, 0.15) is 31.1 Å². The first-order chi connectivity index (χ1) is 14.2. The third-order valence-electron chi connectivity index (χ3n) is 5.91. The van der Waals surface area contributed by atoms with Crippen LogP contribution in [0.25, 0.3) is 0 Å². The molecule has 4 rings (SSSR count). The van der Waals surface area contributed by atoms with E-state index in [4.69, 9.17) is 4.42 Å². The number of halogens is 1. The smallest absolute Gasteiger partial charge is 0.317 e. The lowest BCUT2D eigenvalue weighted by Crippen LogP contribution is -2.53. The van der Waals surface area contributed by atoms with E-state index in [1.165, 1.54) is 25.3 Å². The van der Waals surface area contributed by atoms with Crippen molar-refractivity contribution < 1.29 is 13.6 Å². The van der Waals surface area contributed by atoms with Gasteiger partial charge >= 0.3 is 6.03 Å². The van der Waals surface area contributed by atoms with Crippen LogP contribution in [0.15, 0.2) is 47.1 Å². The maximum atomic E-state index is 14.0. The Labute approximate surface area is 171 Å². The highest BCUT2D eigenvalue weighted by Crippen LogP contribution is 2.25. The van der Waals surface area contributed by atoms with E-state index in [0.717, 1.165) is 18.8 Å². The van der Waals surface area contributed by atoms with Crippen LogP contribution in [-0.4, -0.2) is 61.6 Å². The summed E-state index contributed by atoms with van der Waals surface area (Å²) in [6.07, 6.45) is 5.32. The standard InChI is InChI=1S/C22H29FN4O2/c23-18-7-2-3-8-19(18)26-12-14-27(15-13-26)22(28)24-17-20(21-9-6-16-29-21)25-10-4-1-5-11-25/h2-3,6-9,16,20H,1,4-5,10-15,17H2,(H,24,28). The van der Waals surface area contributed by atoms with E-state index in [9.17, 15) is 9.18 Å². The topological polar surface area (TPSA) is 52.0 Å². The number of furan rings is 1. The summed E-state index contributed by atoms with van der Waals surface area (Å²) in [4.78, 5) is 19.0. The molecule has 1 aromatic carbocycles. The third-order valence-corrected chi connectivity index (χ3v) is 5.91. The average molecular weight is 400 g/mol. The van der Waals surface area contributed by atoms with Gasteiger partial charge in [-0.2, -0.15) is 0 Å². The molecule has 2 aliphatic rings. The van der Waals surface area contributed by atoms with Crippen LogP contribution in [0.5, 0.6) is 0 Å². The predicted molar refractivity (Wildman–Crippen MR) is 110 cm³/mol. The van der Waals surface area contributed by atoms with Gasteiger partial charge in [-0.05, 0) is 50.2 Å². The van der Waals surface area contributed by atoms with Gasteiger partial charge in [0.25, 0.3) is 0 Å². The molecule has 2 aliphatic heterocycles. The van der Waals surface area contributed by atoms with Crippen LogP contribution < -0.4 is 10.2 Å². The molecule has 0 radical (unpaired) electrons. The fraction of sp³-hybridized carbons (Fsp3) is 0.500. The van der Waals surface area contributed by atoms with Crippen molar-refractivity contribution in [3.05, 3.63) is 54.2 Å². The minimum absolute atomic E-state index is 0.0632. The molecule has 2 amide bonds. The molecule has 156 valence electrons. The lowest BCUT2D eigenvalue weighted by Gasteiger charge is -2.37. The van der Waals surface area contributed by atoms with Gasteiger partial charge in [0.2, 0.25) is 0 Å². The SMILES string of the molecule is O=C(NCC(c1ccco1)N1CCCCC1)N1CCN(c2ccccc2F)CC1. The summed E-state index contributed by atoms with van der Waals surface area (Å²) >= 11 is 0. The number of hydrogen-bond donors (Lipinski definition) is 1. The number of nitrogens with zero attached hydrogens (tertiary/aromatic N) is 3. The normalized spacial score (nSPS) is 19.2. The molecule has 3 heterocycles. The fourth-order valence-corrected chi connectivity index (χ4v) is 4.27. The number of amides is 2. The van der Waals surface area contributed by atoms with Gasteiger partial charge < -0.3 is 19.5 Å². The number of carbonyl (C=O) groups is 1. The quantitative estimate of drug-likeness (QED) is 0.835. The molecular formula is C22H29FN4O2. The molecule has 0 aliphatic carbocycles. The maximum absolute atomic E-state index is 14.0. The number of anilines is 1. The van der Waals surface area contributed by atoms with Crippen molar-refractivity contribution in [2.45, 2.75) is 25.3 Å². The molecule has 2 aromatic rings. The Hall–Kier alpha value is -2.54. The number of likely N-dealkylation sites (tertiary alicyclic amines) is 1. The molecule has 2 fully saturated rings. The zero-order chi connectivity index (χ0) is 20.1. The minimum Gasteiger partial charge on any atom is -0.468 e. The van der Waals surface area contributed by atoms with Gasteiger partial charge in [-0.15, -0.1) is 0 Å². The van der Waals surface area contributed by atoms with Gasteiger partial charge in [-0.3, -0.25) is 4.90 Å². The number of piperazine rings is 1. The Morgan fingerprint density at radius 2 is 1.76 bits per heavy atom. The van der Waals surface area contributed by atoms with Crippen molar-refractivity contribution in [2.24, 2.45) is 0 Å². The van der Waals surface area contributed by atoms with Gasteiger partial charge in [-0.25, -0.2) is 9.18 Å². The van der Waals surface area contributed by atoms with Crippen molar-refractivity contribution in [2.75, 3.05) is 50.7 Å². The number of piperidine rings is 1. The first-order valence-electron chi connectivity index (χ1n) is 10.5. The molecule has 1 N–H and O–H groups in total. The summed E-state index contributed by atoms with van der Waals surface area (Å²) in [6, 6.07) is 10.7. The molecule has 1 aromatic heterocycles. The summed E-state index contributed by atoms with van der Waals surface area (Å²) in [6.45, 7) is 5.00. The average Bonchev–Trinajstić information content (AvgIpc) is 3.30. The highest BCUT2D eigenvalue weighted by atomic mass is 19.1. The number of carbonyl (C=O) groups excluding carboxylic acids is 1. The summed E-state index contributed by atoms with van der Waals surface area (Å²) in [5, 5.41) is 3.10. The Morgan fingerprint density at radius 3 is 2.45 bits per heavy atom. The summed E-state index contributed by atoms with van der Waals surface area (Å²) in [5.41, 5.74) is 0.607. The molecule has 7 heteroatoms. The van der Waals surface area contributed by atoms with Crippen molar-refractivity contribution in [3.63, 3.8) is 0 Å². The highest BCUT2D eigenvalue weighted by Gasteiger charge is 2.27. The van der Waals surface area contributed by atoms with Crippen LogP contribution >= 0.6 is 0 Å². The second-order valence-electron chi connectivity index (χ2n) is 7.74. The van der Waals surface area contributed by atoms with E-state index in [0.29, 0.717) is 38.4 Å². The zero-order valence-electron chi connectivity index (χ0n) is 16.7. The van der Waals surface area contributed by atoms with Gasteiger partial charge in [0.1, 0.15) is 11.6 Å². The lowest BCUT2D eigenvalue weighted by molar-refractivity contribution is 0.139. The van der Waals surface area contributed by atoms with Crippen molar-refractivity contribution in [3.8, 4) is 0 Å². The first kappa shape index (κ1) is 19.8. The molecule has 6 nitrogen and oxygen atoms in total. The number of nitrogens with one attached hydrogen (secondary N) is 1. The van der Waals surface area contributed by atoms with E-state index in [1.54, 1.807) is 18.4 Å². The van der Waals surface area contributed by atoms with Crippen LogP contribution in [0.4, 0.5) is 14.9 Å². The third kappa shape index (κ3) is 4.72. The molecule has 29 heavy (non-hydrogen) atoms. The maximum Gasteiger partial charge on any atom is 0.317 e. The Bertz CT molecular complexity index is 784. The minimum atomic E-state index is -0.215. The van der Waals surface area contributed by atoms with Crippen LogP contribution in [-0.2, 0) is 0 Å². The number of rotatable bonds is 5. The zero-order valence-corrected chi connectivity index (χ0v) is 16.7. The molecule has 0 bridgehead atoms. The summed E-state index contributed by atoms with van der Waals surface area (Å²) in [7, 11) is 0. The second-order valence-corrected chi connectivity index (χ2v) is 7.74. The molecule has 0 spiro atoms. The molecular weight excluding hydrogens is 371 g/mol. The predicted octanol–water partition coefficient (Wildman–Crippen LogP) is 3.48. The monoisotopic (exact) mass is 400 g/mol. The highest BCUT2D eigenvalue weighted by molar-refractivity contribution is 5.74. The van der Waals surface area contributed by atoms with Gasteiger partial charge in [0, 0.05) is 32.7 Å². The Balaban J connectivity index is 1.31. The molecule has 1 atom stereocenters. The number of para-hydroxylation sites is 1. The van der Waals surface area contributed by atoms with Crippen LogP contribution in [0.3, 0.4) is 0 Å². The van der Waals surface area contributed by atoms with Crippen molar-refractivity contribution in [1.82, 2.24) is 15.1 Å². The van der Waals surface area contributed by atoms with Crippen molar-refractivity contribution >= 4 is 11.7 Å². The lowest BCUT2D eigenvalue weighted by atomic mass is 10.1. The van der Waals surface area contributed by atoms with Crippen molar-refractivity contribution in [1.29, 1.82) is 0 Å². The largest absolute Gasteiger partial charge is 0.468 e. The second kappa shape index (κ2) is 9.31. The first-order valence-corrected chi connectivity index (χ1v) is 10.5. The summed E-state index contributed by atoms with van der Waals surface area (Å²) in [5.74, 6) is 0.685. The van der Waals surface area contributed by atoms with Gasteiger partial charge in [-0.1, -0.05) is 18.6 Å². The molecule has 1 unspecified atom stereocenters. The van der Waals surface area contributed by atoms with Gasteiger partial charge in [0.05, 0.1) is 18.0 Å². The van der Waals surface area contributed by atoms with E-state index >= 15 is 0 Å². The Morgan fingerprint density at radius 1 is 1.00 bits per heavy atom. The number of benzene rings is 1. The fourth-order valence-electron chi connectivity index (χ4n) is 4.27. The van der Waals surface area contributed by atoms with E-state index in [1.807, 2.05) is 28.0 Å². The van der Waals surface area contributed by atoms with Crippen LogP contribution in [0, 0.1) is 5.82 Å². The number of hydrogen-bond acceptors (Lipinski definition) is 4. The van der Waals surface area contributed by atoms with E-state index in [-0.39, 0.29) is 17.9 Å².